The SMILES string of the molecule is N#Cc1cnc[nH]1.c1ccccc1. The highest BCUT2D eigenvalue weighted by atomic mass is 14.9. The summed E-state index contributed by atoms with van der Waals surface area (Å²) in [5, 5.41) is 8.11. The molecule has 0 atom stereocenters. The standard InChI is InChI=1S/C6H6.C4H3N3/c1-2-4-6-5-3-1;5-1-4-2-6-3-7-4/h1-6H;2-3H,(H,6,7). The maximum absolute atomic E-state index is 8.11. The number of nitriles is 1. The van der Waals surface area contributed by atoms with Crippen LogP contribution >= 0.6 is 0 Å². The Labute approximate surface area is 76.7 Å². The lowest BCUT2D eigenvalue weighted by atomic mass is 10.4. The van der Waals surface area contributed by atoms with Crippen molar-refractivity contribution in [2.45, 2.75) is 0 Å². The minimum atomic E-state index is 0.500. The van der Waals surface area contributed by atoms with Gasteiger partial charge in [0.1, 0.15) is 11.8 Å². The van der Waals surface area contributed by atoms with Crippen molar-refractivity contribution in [1.29, 1.82) is 5.26 Å². The molecule has 3 heteroatoms. The monoisotopic (exact) mass is 171 g/mol. The zero-order chi connectivity index (χ0) is 9.36. The summed E-state index contributed by atoms with van der Waals surface area (Å²) in [5.41, 5.74) is 0.500. The van der Waals surface area contributed by atoms with Crippen LogP contribution in [0.1, 0.15) is 5.69 Å². The summed E-state index contributed by atoms with van der Waals surface area (Å²) in [6.07, 6.45) is 2.94. The van der Waals surface area contributed by atoms with E-state index in [-0.39, 0.29) is 0 Å². The van der Waals surface area contributed by atoms with Crippen LogP contribution in [-0.2, 0) is 0 Å². The van der Waals surface area contributed by atoms with Crippen molar-refractivity contribution in [2.75, 3.05) is 0 Å². The van der Waals surface area contributed by atoms with E-state index in [1.54, 1.807) is 0 Å². The summed E-state index contributed by atoms with van der Waals surface area (Å²) in [6, 6.07) is 13.9. The summed E-state index contributed by atoms with van der Waals surface area (Å²) < 4.78 is 0. The van der Waals surface area contributed by atoms with E-state index in [9.17, 15) is 0 Å². The first kappa shape index (κ1) is 9.01. The van der Waals surface area contributed by atoms with Gasteiger partial charge in [0.15, 0.2) is 0 Å². The topological polar surface area (TPSA) is 52.5 Å². The van der Waals surface area contributed by atoms with Gasteiger partial charge in [-0.05, 0) is 0 Å². The molecule has 0 spiro atoms. The van der Waals surface area contributed by atoms with Crippen LogP contribution < -0.4 is 0 Å². The van der Waals surface area contributed by atoms with Gasteiger partial charge in [-0.2, -0.15) is 5.26 Å². The molecule has 1 aromatic heterocycles. The Morgan fingerprint density at radius 3 is 1.85 bits per heavy atom. The molecular formula is C10H9N3. The fourth-order valence-corrected chi connectivity index (χ4v) is 0.702. The number of aromatic amines is 1. The third kappa shape index (κ3) is 3.73. The molecule has 2 aromatic rings. The highest BCUT2D eigenvalue weighted by Crippen LogP contribution is 1.82. The number of rotatable bonds is 0. The molecule has 1 N–H and O–H groups in total. The molecule has 3 nitrogen and oxygen atoms in total. The number of benzene rings is 1. The van der Waals surface area contributed by atoms with Crippen LogP contribution in [0.5, 0.6) is 0 Å². The first-order valence-electron chi connectivity index (χ1n) is 3.82. The van der Waals surface area contributed by atoms with Gasteiger partial charge < -0.3 is 4.98 Å². The number of imidazole rings is 1. The molecule has 0 fully saturated rings. The van der Waals surface area contributed by atoms with E-state index in [0.29, 0.717) is 5.69 Å². The molecule has 0 saturated heterocycles. The molecule has 0 radical (unpaired) electrons. The van der Waals surface area contributed by atoms with Gasteiger partial charge in [0.05, 0.1) is 12.5 Å². The van der Waals surface area contributed by atoms with Crippen LogP contribution in [0, 0.1) is 11.3 Å². The predicted molar refractivity (Wildman–Crippen MR) is 49.7 cm³/mol. The van der Waals surface area contributed by atoms with Crippen molar-refractivity contribution in [3.63, 3.8) is 0 Å². The first-order chi connectivity index (χ1) is 6.43. The van der Waals surface area contributed by atoms with Crippen LogP contribution in [0.25, 0.3) is 0 Å². The minimum absolute atomic E-state index is 0.500. The van der Waals surface area contributed by atoms with Crippen molar-refractivity contribution in [1.82, 2.24) is 9.97 Å². The van der Waals surface area contributed by atoms with Gasteiger partial charge in [0, 0.05) is 0 Å². The quantitative estimate of drug-likeness (QED) is 0.658. The van der Waals surface area contributed by atoms with Gasteiger partial charge in [-0.15, -0.1) is 0 Å². The Kier molecular flexibility index (Phi) is 3.85. The molecule has 2 rings (SSSR count). The number of nitrogens with zero attached hydrogens (tertiary/aromatic N) is 2. The summed E-state index contributed by atoms with van der Waals surface area (Å²) in [7, 11) is 0. The molecule has 0 saturated carbocycles. The summed E-state index contributed by atoms with van der Waals surface area (Å²) in [4.78, 5) is 6.23. The van der Waals surface area contributed by atoms with Crippen LogP contribution in [0.3, 0.4) is 0 Å². The number of H-pyrrole nitrogens is 1. The number of nitrogens with one attached hydrogen (secondary N) is 1. The zero-order valence-electron chi connectivity index (χ0n) is 7.01. The largest absolute Gasteiger partial charge is 0.336 e. The van der Waals surface area contributed by atoms with Crippen molar-refractivity contribution >= 4 is 0 Å². The van der Waals surface area contributed by atoms with E-state index in [4.69, 9.17) is 5.26 Å². The lowest BCUT2D eigenvalue weighted by Crippen LogP contribution is -1.64. The maximum Gasteiger partial charge on any atom is 0.137 e. The Balaban J connectivity index is 0.000000132. The fourth-order valence-electron chi connectivity index (χ4n) is 0.702. The van der Waals surface area contributed by atoms with E-state index >= 15 is 0 Å². The van der Waals surface area contributed by atoms with Gasteiger partial charge >= 0.3 is 0 Å². The van der Waals surface area contributed by atoms with Crippen molar-refractivity contribution in [3.05, 3.63) is 54.6 Å². The van der Waals surface area contributed by atoms with Crippen molar-refractivity contribution in [2.24, 2.45) is 0 Å². The predicted octanol–water partition coefficient (Wildman–Crippen LogP) is 1.97. The van der Waals surface area contributed by atoms with Crippen LogP contribution in [0.15, 0.2) is 48.9 Å². The second-order valence-electron chi connectivity index (χ2n) is 2.23. The average Bonchev–Trinajstić information content (AvgIpc) is 2.74. The van der Waals surface area contributed by atoms with Crippen LogP contribution in [0.2, 0.25) is 0 Å². The Morgan fingerprint density at radius 2 is 1.62 bits per heavy atom. The molecule has 0 bridgehead atoms. The number of hydrogen-bond donors (Lipinski definition) is 1. The minimum Gasteiger partial charge on any atom is -0.336 e. The lowest BCUT2D eigenvalue weighted by molar-refractivity contribution is 1.29. The molecule has 1 heterocycles. The molecule has 0 unspecified atom stereocenters. The average molecular weight is 171 g/mol. The van der Waals surface area contributed by atoms with E-state index in [1.165, 1.54) is 12.5 Å². The Bertz CT molecular complexity index is 319. The van der Waals surface area contributed by atoms with Crippen molar-refractivity contribution in [3.8, 4) is 6.07 Å². The molecule has 0 aliphatic rings. The normalized spacial score (nSPS) is 7.92. The second-order valence-corrected chi connectivity index (χ2v) is 2.23. The highest BCUT2D eigenvalue weighted by molar-refractivity contribution is 5.13. The van der Waals surface area contributed by atoms with E-state index in [1.807, 2.05) is 42.5 Å². The van der Waals surface area contributed by atoms with Crippen LogP contribution in [0.4, 0.5) is 0 Å². The van der Waals surface area contributed by atoms with Gasteiger partial charge in [0.25, 0.3) is 0 Å². The van der Waals surface area contributed by atoms with Gasteiger partial charge in [-0.3, -0.25) is 0 Å². The third-order valence-corrected chi connectivity index (χ3v) is 1.29. The fraction of sp³-hybridized carbons (Fsp3) is 0. The Morgan fingerprint density at radius 1 is 1.08 bits per heavy atom. The van der Waals surface area contributed by atoms with Crippen LogP contribution in [-0.4, -0.2) is 9.97 Å². The number of aromatic nitrogens is 2. The summed E-state index contributed by atoms with van der Waals surface area (Å²) in [5.74, 6) is 0. The summed E-state index contributed by atoms with van der Waals surface area (Å²) in [6.45, 7) is 0. The lowest BCUT2D eigenvalue weighted by Gasteiger charge is -1.69. The number of hydrogen-bond acceptors (Lipinski definition) is 2. The van der Waals surface area contributed by atoms with Gasteiger partial charge in [-0.1, -0.05) is 36.4 Å². The zero-order valence-corrected chi connectivity index (χ0v) is 7.01. The molecule has 64 valence electrons. The van der Waals surface area contributed by atoms with Gasteiger partial charge in [-0.25, -0.2) is 4.98 Å². The van der Waals surface area contributed by atoms with E-state index in [2.05, 4.69) is 9.97 Å². The smallest absolute Gasteiger partial charge is 0.137 e. The highest BCUT2D eigenvalue weighted by Gasteiger charge is 1.82. The molecule has 0 aliphatic carbocycles. The summed E-state index contributed by atoms with van der Waals surface area (Å²) >= 11 is 0. The molecule has 1 aromatic carbocycles. The first-order valence-corrected chi connectivity index (χ1v) is 3.82. The van der Waals surface area contributed by atoms with E-state index in [0.717, 1.165) is 0 Å². The molecule has 13 heavy (non-hydrogen) atoms. The molecule has 0 aliphatic heterocycles. The molecule has 0 amide bonds. The maximum atomic E-state index is 8.11. The second kappa shape index (κ2) is 5.56. The third-order valence-electron chi connectivity index (χ3n) is 1.29. The van der Waals surface area contributed by atoms with Gasteiger partial charge in [0.2, 0.25) is 0 Å². The van der Waals surface area contributed by atoms with Crippen molar-refractivity contribution < 1.29 is 0 Å². The molecular weight excluding hydrogens is 162 g/mol. The van der Waals surface area contributed by atoms with E-state index < -0.39 is 0 Å². The Hall–Kier alpha value is -2.08.